The number of carbonyl (C=O) groups excluding carboxylic acids is 3. The number of halogens is 1. The molecule has 0 aromatic heterocycles. The van der Waals surface area contributed by atoms with Crippen LogP contribution in [0.25, 0.3) is 0 Å². The van der Waals surface area contributed by atoms with E-state index in [0.29, 0.717) is 34.1 Å². The summed E-state index contributed by atoms with van der Waals surface area (Å²) in [4.78, 5) is 36.1. The van der Waals surface area contributed by atoms with Crippen molar-refractivity contribution in [3.63, 3.8) is 0 Å². The first-order valence-corrected chi connectivity index (χ1v) is 9.70. The molecule has 0 radical (unpaired) electrons. The summed E-state index contributed by atoms with van der Waals surface area (Å²) >= 11 is 6.26. The van der Waals surface area contributed by atoms with Crippen LogP contribution < -0.4 is 25.0 Å². The van der Waals surface area contributed by atoms with Crippen molar-refractivity contribution in [1.29, 1.82) is 0 Å². The van der Waals surface area contributed by atoms with E-state index >= 15 is 0 Å². The molecule has 2 atom stereocenters. The van der Waals surface area contributed by atoms with Crippen molar-refractivity contribution in [3.8, 4) is 17.2 Å². The van der Waals surface area contributed by atoms with Crippen LogP contribution in [0.4, 0.5) is 5.69 Å². The van der Waals surface area contributed by atoms with Crippen molar-refractivity contribution in [2.75, 3.05) is 26.6 Å². The van der Waals surface area contributed by atoms with E-state index in [4.69, 9.17) is 25.8 Å². The molecule has 10 heteroatoms. The highest BCUT2D eigenvalue weighted by atomic mass is 35.5. The molecular weight excluding hydrogens is 426 g/mol. The zero-order chi connectivity index (χ0) is 22.7. The van der Waals surface area contributed by atoms with E-state index in [1.54, 1.807) is 24.3 Å². The fourth-order valence-corrected chi connectivity index (χ4v) is 3.61. The van der Waals surface area contributed by atoms with Gasteiger partial charge in [0.05, 0.1) is 21.3 Å². The summed E-state index contributed by atoms with van der Waals surface area (Å²) in [6.07, 6.45) is 0. The van der Waals surface area contributed by atoms with Crippen LogP contribution in [-0.2, 0) is 9.59 Å². The average Bonchev–Trinajstić information content (AvgIpc) is 2.77. The second kappa shape index (κ2) is 9.13. The molecule has 9 nitrogen and oxygen atoms in total. The minimum atomic E-state index is -0.870. The standard InChI is InChI=1S/C21H22ClN3O6/c1-11(26)23-14-7-5-12(6-8-14)20(27)24-25-18(17(22)21(25)28)13-9-15(29-2)19(31-4)16(10-13)30-3/h5-10,17-18H,1-4H3,(H,23,26)(H,24,27)/t17-,18+/m0/s1. The number of hydrogen-bond acceptors (Lipinski definition) is 6. The topological polar surface area (TPSA) is 106 Å². The first-order valence-electron chi connectivity index (χ1n) is 9.26. The maximum Gasteiger partial charge on any atom is 0.269 e. The summed E-state index contributed by atoms with van der Waals surface area (Å²) in [5.41, 5.74) is 4.06. The molecule has 2 aromatic carbocycles. The molecule has 1 fully saturated rings. The summed E-state index contributed by atoms with van der Waals surface area (Å²) in [6.45, 7) is 1.39. The maximum absolute atomic E-state index is 12.7. The van der Waals surface area contributed by atoms with Gasteiger partial charge in [0, 0.05) is 18.2 Å². The molecule has 1 saturated heterocycles. The number of carbonyl (C=O) groups is 3. The highest BCUT2D eigenvalue weighted by molar-refractivity contribution is 6.33. The quantitative estimate of drug-likeness (QED) is 0.499. The van der Waals surface area contributed by atoms with E-state index in [9.17, 15) is 14.4 Å². The van der Waals surface area contributed by atoms with Crippen molar-refractivity contribution >= 4 is 35.0 Å². The average molecular weight is 448 g/mol. The zero-order valence-electron chi connectivity index (χ0n) is 17.4. The van der Waals surface area contributed by atoms with Gasteiger partial charge in [-0.1, -0.05) is 0 Å². The van der Waals surface area contributed by atoms with E-state index in [1.807, 2.05) is 0 Å². The largest absolute Gasteiger partial charge is 0.493 e. The number of anilines is 1. The Kier molecular flexibility index (Phi) is 6.55. The molecule has 3 rings (SSSR count). The predicted octanol–water partition coefficient (Wildman–Crippen LogP) is 2.51. The third-order valence-electron chi connectivity index (χ3n) is 4.75. The molecule has 1 aliphatic heterocycles. The molecule has 2 N–H and O–H groups in total. The van der Waals surface area contributed by atoms with E-state index in [-0.39, 0.29) is 5.91 Å². The van der Waals surface area contributed by atoms with Gasteiger partial charge < -0.3 is 19.5 Å². The van der Waals surface area contributed by atoms with Crippen LogP contribution in [0.5, 0.6) is 17.2 Å². The van der Waals surface area contributed by atoms with Gasteiger partial charge in [0.15, 0.2) is 11.5 Å². The van der Waals surface area contributed by atoms with Gasteiger partial charge in [0.1, 0.15) is 11.4 Å². The molecule has 0 bridgehead atoms. The minimum absolute atomic E-state index is 0.218. The number of hydrazine groups is 1. The lowest BCUT2D eigenvalue weighted by Gasteiger charge is -2.44. The first kappa shape index (κ1) is 22.2. The Morgan fingerprint density at radius 1 is 1.00 bits per heavy atom. The first-order chi connectivity index (χ1) is 14.8. The summed E-state index contributed by atoms with van der Waals surface area (Å²) in [5, 5.41) is 2.92. The van der Waals surface area contributed by atoms with Crippen molar-refractivity contribution in [2.24, 2.45) is 0 Å². The lowest BCUT2D eigenvalue weighted by molar-refractivity contribution is -0.149. The van der Waals surface area contributed by atoms with Crippen molar-refractivity contribution in [1.82, 2.24) is 10.4 Å². The third-order valence-corrected chi connectivity index (χ3v) is 5.17. The number of rotatable bonds is 7. The molecular formula is C21H22ClN3O6. The monoisotopic (exact) mass is 447 g/mol. The Labute approximate surface area is 184 Å². The second-order valence-corrected chi connectivity index (χ2v) is 7.18. The van der Waals surface area contributed by atoms with E-state index < -0.39 is 23.2 Å². The Bertz CT molecular complexity index is 986. The smallest absolute Gasteiger partial charge is 0.269 e. The fraction of sp³-hybridized carbons (Fsp3) is 0.286. The van der Waals surface area contributed by atoms with Crippen LogP contribution in [0.3, 0.4) is 0 Å². The number of benzene rings is 2. The summed E-state index contributed by atoms with van der Waals surface area (Å²) < 4.78 is 16.0. The molecule has 1 heterocycles. The lowest BCUT2D eigenvalue weighted by atomic mass is 9.94. The van der Waals surface area contributed by atoms with Crippen molar-refractivity contribution in [3.05, 3.63) is 47.5 Å². The molecule has 1 aliphatic rings. The van der Waals surface area contributed by atoms with Crippen molar-refractivity contribution < 1.29 is 28.6 Å². The number of nitrogens with one attached hydrogen (secondary N) is 2. The van der Waals surface area contributed by atoms with E-state index in [1.165, 1.54) is 45.4 Å². The van der Waals surface area contributed by atoms with E-state index in [2.05, 4.69) is 10.7 Å². The highest BCUT2D eigenvalue weighted by Gasteiger charge is 2.49. The van der Waals surface area contributed by atoms with Gasteiger partial charge in [0.25, 0.3) is 11.8 Å². The van der Waals surface area contributed by atoms with Gasteiger partial charge in [-0.15, -0.1) is 11.6 Å². The van der Waals surface area contributed by atoms with Crippen LogP contribution >= 0.6 is 11.6 Å². The fourth-order valence-electron chi connectivity index (χ4n) is 3.25. The summed E-state index contributed by atoms with van der Waals surface area (Å²) in [6, 6.07) is 8.98. The van der Waals surface area contributed by atoms with Gasteiger partial charge in [0.2, 0.25) is 11.7 Å². The Morgan fingerprint density at radius 3 is 2.06 bits per heavy atom. The number of alkyl halides is 1. The SMILES string of the molecule is COc1cc([C@@H]2[C@H](Cl)C(=O)N2NC(=O)c2ccc(NC(C)=O)cc2)cc(OC)c1OC. The van der Waals surface area contributed by atoms with Crippen LogP contribution in [0.1, 0.15) is 28.9 Å². The molecule has 2 aromatic rings. The van der Waals surface area contributed by atoms with Gasteiger partial charge in [-0.05, 0) is 42.0 Å². The molecule has 3 amide bonds. The molecule has 31 heavy (non-hydrogen) atoms. The molecule has 0 spiro atoms. The predicted molar refractivity (Wildman–Crippen MR) is 114 cm³/mol. The summed E-state index contributed by atoms with van der Waals surface area (Å²) in [7, 11) is 4.45. The van der Waals surface area contributed by atoms with Crippen molar-refractivity contribution in [2.45, 2.75) is 18.3 Å². The minimum Gasteiger partial charge on any atom is -0.493 e. The Hall–Kier alpha value is -3.46. The van der Waals surface area contributed by atoms with Crippen LogP contribution in [0.2, 0.25) is 0 Å². The van der Waals surface area contributed by atoms with Crippen LogP contribution in [-0.4, -0.2) is 49.4 Å². The normalized spacial score (nSPS) is 17.5. The highest BCUT2D eigenvalue weighted by Crippen LogP contribution is 2.44. The summed E-state index contributed by atoms with van der Waals surface area (Å²) in [5.74, 6) is 0.0530. The Balaban J connectivity index is 1.83. The van der Waals surface area contributed by atoms with Gasteiger partial charge in [-0.3, -0.25) is 19.8 Å². The Morgan fingerprint density at radius 2 is 1.58 bits per heavy atom. The number of nitrogens with zero attached hydrogens (tertiary/aromatic N) is 1. The second-order valence-electron chi connectivity index (χ2n) is 6.71. The number of ether oxygens (including phenoxy) is 3. The van der Waals surface area contributed by atoms with Gasteiger partial charge in [-0.25, -0.2) is 5.01 Å². The maximum atomic E-state index is 12.7. The molecule has 0 unspecified atom stereocenters. The lowest BCUT2D eigenvalue weighted by Crippen LogP contribution is -2.63. The zero-order valence-corrected chi connectivity index (χ0v) is 18.1. The van der Waals surface area contributed by atoms with Crippen LogP contribution in [0, 0.1) is 0 Å². The van der Waals surface area contributed by atoms with Crippen LogP contribution in [0.15, 0.2) is 36.4 Å². The molecule has 0 saturated carbocycles. The number of amides is 3. The van der Waals surface area contributed by atoms with Gasteiger partial charge in [-0.2, -0.15) is 0 Å². The number of hydrogen-bond donors (Lipinski definition) is 2. The number of β-lactam (4-membered cyclic amide) rings is 1. The number of methoxy groups -OCH3 is 3. The van der Waals surface area contributed by atoms with Gasteiger partial charge >= 0.3 is 0 Å². The third kappa shape index (κ3) is 4.36. The molecule has 164 valence electrons. The molecule has 0 aliphatic carbocycles. The van der Waals surface area contributed by atoms with E-state index in [0.717, 1.165) is 0 Å².